The number of hydrogen-bond donors (Lipinski definition) is 1. The van der Waals surface area contributed by atoms with Crippen molar-refractivity contribution in [3.63, 3.8) is 0 Å². The molecule has 4 nitrogen and oxygen atoms in total. The molecule has 0 aliphatic rings. The molecular formula is C11H11F2N3O. The van der Waals surface area contributed by atoms with Crippen molar-refractivity contribution in [2.24, 2.45) is 5.73 Å². The molecule has 1 unspecified atom stereocenters. The van der Waals surface area contributed by atoms with Crippen LogP contribution in [0.4, 0.5) is 8.78 Å². The average molecular weight is 239 g/mol. The highest BCUT2D eigenvalue weighted by Crippen LogP contribution is 2.21. The molecule has 1 atom stereocenters. The number of rotatable bonds is 3. The predicted molar refractivity (Wildman–Crippen MR) is 57.8 cm³/mol. The largest absolute Gasteiger partial charge is 0.369 e. The van der Waals surface area contributed by atoms with E-state index in [0.29, 0.717) is 11.3 Å². The van der Waals surface area contributed by atoms with Gasteiger partial charge in [0.05, 0.1) is 11.6 Å². The third kappa shape index (κ3) is 2.11. The summed E-state index contributed by atoms with van der Waals surface area (Å²) >= 11 is 0. The van der Waals surface area contributed by atoms with Crippen LogP contribution in [0.3, 0.4) is 0 Å². The lowest BCUT2D eigenvalue weighted by Gasteiger charge is -2.00. The monoisotopic (exact) mass is 239 g/mol. The van der Waals surface area contributed by atoms with Crippen molar-refractivity contribution in [2.45, 2.75) is 19.3 Å². The van der Waals surface area contributed by atoms with Gasteiger partial charge in [0, 0.05) is 18.0 Å². The second-order valence-electron chi connectivity index (χ2n) is 3.82. The molecule has 0 saturated carbocycles. The fourth-order valence-corrected chi connectivity index (χ4v) is 1.51. The van der Waals surface area contributed by atoms with E-state index < -0.39 is 18.3 Å². The summed E-state index contributed by atoms with van der Waals surface area (Å²) in [7, 11) is 0. The number of pyridine rings is 1. The van der Waals surface area contributed by atoms with Gasteiger partial charge in [-0.2, -0.15) is 0 Å². The topological polar surface area (TPSA) is 60.4 Å². The van der Waals surface area contributed by atoms with Crippen molar-refractivity contribution >= 4 is 11.6 Å². The quantitative estimate of drug-likeness (QED) is 0.888. The normalized spacial score (nSPS) is 13.2. The van der Waals surface area contributed by atoms with Gasteiger partial charge in [-0.3, -0.25) is 4.79 Å². The molecule has 2 aromatic heterocycles. The Morgan fingerprint density at radius 1 is 1.53 bits per heavy atom. The third-order valence-corrected chi connectivity index (χ3v) is 2.63. The van der Waals surface area contributed by atoms with E-state index in [2.05, 4.69) is 4.98 Å². The molecule has 0 aliphatic carbocycles. The second kappa shape index (κ2) is 4.12. The van der Waals surface area contributed by atoms with Gasteiger partial charge in [0.15, 0.2) is 0 Å². The fourth-order valence-electron chi connectivity index (χ4n) is 1.51. The minimum Gasteiger partial charge on any atom is -0.369 e. The molecule has 90 valence electrons. The van der Waals surface area contributed by atoms with Crippen LogP contribution in [-0.4, -0.2) is 15.3 Å². The average Bonchev–Trinajstić information content (AvgIpc) is 2.69. The molecule has 0 fully saturated rings. The van der Waals surface area contributed by atoms with Crippen LogP contribution >= 0.6 is 0 Å². The first-order valence-corrected chi connectivity index (χ1v) is 5.05. The molecular weight excluding hydrogens is 228 g/mol. The van der Waals surface area contributed by atoms with Gasteiger partial charge in [-0.1, -0.05) is 0 Å². The van der Waals surface area contributed by atoms with Gasteiger partial charge in [0.25, 0.3) is 6.43 Å². The zero-order valence-corrected chi connectivity index (χ0v) is 9.10. The maximum Gasteiger partial charge on any atom is 0.264 e. The number of amides is 1. The van der Waals surface area contributed by atoms with Gasteiger partial charge < -0.3 is 10.1 Å². The second-order valence-corrected chi connectivity index (χ2v) is 3.82. The third-order valence-electron chi connectivity index (χ3n) is 2.63. The number of primary amides is 1. The summed E-state index contributed by atoms with van der Waals surface area (Å²) in [6.45, 7) is 1.62. The number of halogens is 2. The van der Waals surface area contributed by atoms with Crippen LogP contribution in [0.15, 0.2) is 24.5 Å². The lowest BCUT2D eigenvalue weighted by atomic mass is 10.1. The molecule has 2 aromatic rings. The molecule has 2 heterocycles. The summed E-state index contributed by atoms with van der Waals surface area (Å²) < 4.78 is 26.5. The molecule has 0 aliphatic heterocycles. The number of nitrogens with zero attached hydrogens (tertiary/aromatic N) is 2. The molecule has 0 radical (unpaired) electrons. The standard InChI is InChI=1S/C11H11F2N3O/c1-6(11(14)17)8-5-16-3-2-7(10(12)13)4-9(16)15-8/h2-6,10H,1H3,(H2,14,17). The minimum atomic E-state index is -2.53. The van der Waals surface area contributed by atoms with E-state index in [4.69, 9.17) is 5.73 Å². The van der Waals surface area contributed by atoms with Crippen molar-refractivity contribution < 1.29 is 13.6 Å². The first-order chi connectivity index (χ1) is 7.99. The molecule has 6 heteroatoms. The van der Waals surface area contributed by atoms with Gasteiger partial charge in [-0.05, 0) is 19.1 Å². The lowest BCUT2D eigenvalue weighted by Crippen LogP contribution is -2.18. The number of aromatic nitrogens is 2. The highest BCUT2D eigenvalue weighted by molar-refractivity contribution is 5.81. The summed E-state index contributed by atoms with van der Waals surface area (Å²) in [4.78, 5) is 15.1. The Kier molecular flexibility index (Phi) is 2.79. The van der Waals surface area contributed by atoms with Gasteiger partial charge >= 0.3 is 0 Å². The maximum atomic E-state index is 12.5. The molecule has 0 spiro atoms. The molecule has 0 aromatic carbocycles. The van der Waals surface area contributed by atoms with Crippen molar-refractivity contribution in [1.82, 2.24) is 9.38 Å². The summed E-state index contributed by atoms with van der Waals surface area (Å²) in [6, 6.07) is 2.61. The van der Waals surface area contributed by atoms with Gasteiger partial charge in [0.1, 0.15) is 5.65 Å². The van der Waals surface area contributed by atoms with Crippen LogP contribution in [0.1, 0.15) is 30.5 Å². The van der Waals surface area contributed by atoms with Crippen LogP contribution < -0.4 is 5.73 Å². The zero-order valence-electron chi connectivity index (χ0n) is 9.10. The van der Waals surface area contributed by atoms with Gasteiger partial charge in [-0.25, -0.2) is 13.8 Å². The number of alkyl halides is 2. The molecule has 2 N–H and O–H groups in total. The van der Waals surface area contributed by atoms with Crippen LogP contribution in [0.5, 0.6) is 0 Å². The first-order valence-electron chi connectivity index (χ1n) is 5.05. The summed E-state index contributed by atoms with van der Waals surface area (Å²) in [5.41, 5.74) is 5.92. The maximum absolute atomic E-state index is 12.5. The zero-order chi connectivity index (χ0) is 12.6. The van der Waals surface area contributed by atoms with Crippen LogP contribution in [0.2, 0.25) is 0 Å². The van der Waals surface area contributed by atoms with E-state index in [-0.39, 0.29) is 5.56 Å². The highest BCUT2D eigenvalue weighted by atomic mass is 19.3. The molecule has 0 bridgehead atoms. The Balaban J connectivity index is 2.47. The molecule has 17 heavy (non-hydrogen) atoms. The predicted octanol–water partition coefficient (Wildman–Crippen LogP) is 1.86. The summed E-state index contributed by atoms with van der Waals surface area (Å²) in [5.74, 6) is -1.03. The summed E-state index contributed by atoms with van der Waals surface area (Å²) in [5, 5.41) is 0. The Morgan fingerprint density at radius 2 is 2.24 bits per heavy atom. The van der Waals surface area contributed by atoms with E-state index in [1.807, 2.05) is 0 Å². The van der Waals surface area contributed by atoms with Gasteiger partial charge in [0.2, 0.25) is 5.91 Å². The number of carbonyl (C=O) groups excluding carboxylic acids is 1. The van der Waals surface area contributed by atoms with E-state index >= 15 is 0 Å². The Morgan fingerprint density at radius 3 is 2.82 bits per heavy atom. The lowest BCUT2D eigenvalue weighted by molar-refractivity contribution is -0.119. The van der Waals surface area contributed by atoms with Crippen LogP contribution in [-0.2, 0) is 4.79 Å². The minimum absolute atomic E-state index is 0.0959. The van der Waals surface area contributed by atoms with Crippen LogP contribution in [0, 0.1) is 0 Å². The highest BCUT2D eigenvalue weighted by Gasteiger charge is 2.16. The first kappa shape index (κ1) is 11.5. The van der Waals surface area contributed by atoms with Crippen molar-refractivity contribution in [3.05, 3.63) is 35.8 Å². The molecule has 1 amide bonds. The molecule has 0 saturated heterocycles. The van der Waals surface area contributed by atoms with Crippen molar-refractivity contribution in [2.75, 3.05) is 0 Å². The number of fused-ring (bicyclic) bond motifs is 1. The van der Waals surface area contributed by atoms with Crippen molar-refractivity contribution in [3.8, 4) is 0 Å². The Labute approximate surface area is 96.1 Å². The van der Waals surface area contributed by atoms with E-state index in [1.54, 1.807) is 17.5 Å². The smallest absolute Gasteiger partial charge is 0.264 e. The van der Waals surface area contributed by atoms with E-state index in [0.717, 1.165) is 0 Å². The van der Waals surface area contributed by atoms with Crippen LogP contribution in [0.25, 0.3) is 5.65 Å². The van der Waals surface area contributed by atoms with Crippen molar-refractivity contribution in [1.29, 1.82) is 0 Å². The van der Waals surface area contributed by atoms with Gasteiger partial charge in [-0.15, -0.1) is 0 Å². The summed E-state index contributed by atoms with van der Waals surface area (Å²) in [6.07, 6.45) is 0.565. The fraction of sp³-hybridized carbons (Fsp3) is 0.273. The number of imidazole rings is 1. The number of nitrogens with two attached hydrogens (primary N) is 1. The number of carbonyl (C=O) groups is 1. The Bertz CT molecular complexity index is 565. The van der Waals surface area contributed by atoms with E-state index in [9.17, 15) is 13.6 Å². The SMILES string of the molecule is CC(C(N)=O)c1cn2ccc(C(F)F)cc2n1. The number of hydrogen-bond acceptors (Lipinski definition) is 2. The Hall–Kier alpha value is -1.98. The van der Waals surface area contributed by atoms with E-state index in [1.165, 1.54) is 18.3 Å². The molecule has 2 rings (SSSR count).